The van der Waals surface area contributed by atoms with Crippen molar-refractivity contribution in [1.29, 1.82) is 0 Å². The van der Waals surface area contributed by atoms with E-state index in [-0.39, 0.29) is 0 Å². The predicted octanol–water partition coefficient (Wildman–Crippen LogP) is 3.71. The Balaban J connectivity index is 0.000000206. The lowest BCUT2D eigenvalue weighted by Gasteiger charge is -2.11. The molecule has 0 aliphatic carbocycles. The largest absolute Gasteiger partial charge is 0.281 e. The molecule has 2 heterocycles. The molecule has 192 valence electrons. The molecule has 0 amide bonds. The highest BCUT2D eigenvalue weighted by Gasteiger charge is 2.08. The lowest BCUT2D eigenvalue weighted by Crippen LogP contribution is -3.02. The minimum absolute atomic E-state index is 0.842. The van der Waals surface area contributed by atoms with Gasteiger partial charge in [0.05, 0.1) is 42.1 Å². The average molecular weight is 533 g/mol. The summed E-state index contributed by atoms with van der Waals surface area (Å²) in [6.07, 6.45) is 14.2. The quantitative estimate of drug-likeness (QED) is 0.161. The first kappa shape index (κ1) is 28.2. The number of nitrogens with one attached hydrogen (secondary N) is 1. The normalized spacial score (nSPS) is 14.5. The van der Waals surface area contributed by atoms with E-state index in [2.05, 4.69) is 58.5 Å². The van der Waals surface area contributed by atoms with Gasteiger partial charge in [-0.3, -0.25) is 14.9 Å². The number of aromatic nitrogens is 1. The van der Waals surface area contributed by atoms with E-state index in [1.165, 1.54) is 4.90 Å². The van der Waals surface area contributed by atoms with E-state index in [0.29, 0.717) is 0 Å². The molecule has 1 atom stereocenters. The van der Waals surface area contributed by atoms with Gasteiger partial charge in [0.25, 0.3) is 0 Å². The fraction of sp³-hybridized carbons (Fsp3) is 0.207. The van der Waals surface area contributed by atoms with Crippen molar-refractivity contribution in [3.05, 3.63) is 115 Å². The molecule has 0 fully saturated rings. The summed E-state index contributed by atoms with van der Waals surface area (Å²) < 4.78 is 2.10. The number of para-hydroxylation sites is 2. The summed E-state index contributed by atoms with van der Waals surface area (Å²) >= 11 is 8.44. The van der Waals surface area contributed by atoms with Gasteiger partial charge >= 0.3 is 0 Å². The third-order valence-electron chi connectivity index (χ3n) is 5.54. The molecule has 3 aromatic rings. The highest BCUT2D eigenvalue weighted by molar-refractivity contribution is 7.80. The summed E-state index contributed by atoms with van der Waals surface area (Å²) in [4.78, 5) is 1.31. The number of anilines is 2. The Kier molecular flexibility index (Phi) is 12.0. The Morgan fingerprint density at radius 3 is 1.89 bits per heavy atom. The van der Waals surface area contributed by atoms with Gasteiger partial charge in [0, 0.05) is 49.4 Å². The first-order valence-electron chi connectivity index (χ1n) is 12.2. The lowest BCUT2D eigenvalue weighted by atomic mass is 10.3. The van der Waals surface area contributed by atoms with Gasteiger partial charge in [0.15, 0.2) is 18.9 Å². The van der Waals surface area contributed by atoms with Crippen LogP contribution in [0.5, 0.6) is 0 Å². The Hall–Kier alpha value is -3.33. The fourth-order valence-corrected chi connectivity index (χ4v) is 3.91. The molecule has 1 aromatic heterocycles. The first-order valence-corrected chi connectivity index (χ1v) is 13.5. The van der Waals surface area contributed by atoms with Gasteiger partial charge in [-0.05, 0) is 24.3 Å². The van der Waals surface area contributed by atoms with Crippen molar-refractivity contribution >= 4 is 49.1 Å². The molecule has 1 unspecified atom stereocenters. The standard InChI is InChI=1S/C15H17N3S.C14H17N3S/c1-17(15-5-3-2-4-6-15)16-13-14-7-9-18(10-8-14)11-12-19;1-16(14-5-3-2-4-6-14)15-11-13-7-8-17(12-13)9-10-18/h2-10,13H,11-12H2,1H3;2-8,11-12,18H,9-10H2,1H3/p+2/b;15-11+. The van der Waals surface area contributed by atoms with Crippen molar-refractivity contribution < 1.29 is 9.47 Å². The van der Waals surface area contributed by atoms with Crippen LogP contribution < -0.4 is 19.5 Å². The Morgan fingerprint density at radius 1 is 0.784 bits per heavy atom. The van der Waals surface area contributed by atoms with Crippen molar-refractivity contribution in [3.8, 4) is 0 Å². The zero-order chi connectivity index (χ0) is 26.3. The van der Waals surface area contributed by atoms with Crippen molar-refractivity contribution in [2.45, 2.75) is 6.54 Å². The van der Waals surface area contributed by atoms with Crippen molar-refractivity contribution in [2.75, 3.05) is 42.2 Å². The molecule has 1 aliphatic rings. The van der Waals surface area contributed by atoms with Crippen molar-refractivity contribution in [3.63, 3.8) is 0 Å². The summed E-state index contributed by atoms with van der Waals surface area (Å²) in [6, 6.07) is 24.3. The van der Waals surface area contributed by atoms with Crippen LogP contribution in [0.1, 0.15) is 5.56 Å². The van der Waals surface area contributed by atoms with Crippen molar-refractivity contribution in [2.24, 2.45) is 10.2 Å². The second-order valence-corrected chi connectivity index (χ2v) is 9.22. The molecule has 37 heavy (non-hydrogen) atoms. The maximum absolute atomic E-state index is 4.43. The van der Waals surface area contributed by atoms with Gasteiger partial charge in [-0.25, -0.2) is 4.57 Å². The molecule has 8 heteroatoms. The monoisotopic (exact) mass is 532 g/mol. The van der Waals surface area contributed by atoms with Crippen LogP contribution >= 0.6 is 25.3 Å². The predicted molar refractivity (Wildman–Crippen MR) is 163 cm³/mol. The minimum Gasteiger partial charge on any atom is -0.281 e. The Morgan fingerprint density at radius 2 is 1.35 bits per heavy atom. The van der Waals surface area contributed by atoms with Gasteiger partial charge in [-0.2, -0.15) is 35.5 Å². The number of nitrogens with zero attached hydrogens (tertiary/aromatic N) is 5. The molecule has 1 aliphatic heterocycles. The van der Waals surface area contributed by atoms with Crippen LogP contribution in [0.15, 0.2) is 119 Å². The van der Waals surface area contributed by atoms with Gasteiger partial charge in [-0.1, -0.05) is 36.4 Å². The van der Waals surface area contributed by atoms with E-state index < -0.39 is 0 Å². The highest BCUT2D eigenvalue weighted by atomic mass is 32.1. The van der Waals surface area contributed by atoms with Crippen LogP contribution in [-0.4, -0.2) is 44.6 Å². The second-order valence-electron chi connectivity index (χ2n) is 8.33. The number of hydrogen-bond acceptors (Lipinski definition) is 6. The highest BCUT2D eigenvalue weighted by Crippen LogP contribution is 2.12. The zero-order valence-electron chi connectivity index (χ0n) is 21.4. The van der Waals surface area contributed by atoms with E-state index in [1.54, 1.807) is 0 Å². The van der Waals surface area contributed by atoms with Crippen LogP contribution in [0.3, 0.4) is 0 Å². The summed E-state index contributed by atoms with van der Waals surface area (Å²) in [5, 5.41) is 12.6. The van der Waals surface area contributed by atoms with Gasteiger partial charge < -0.3 is 0 Å². The van der Waals surface area contributed by atoms with Gasteiger partial charge in [-0.15, -0.1) is 0 Å². The molecule has 0 radical (unpaired) electrons. The Bertz CT molecular complexity index is 1180. The SMILES string of the molecule is CN(/N=C/C1=C[NH+](CCS)C=C1)c1ccccc1.CN(/N=C/c1cc[n+](CCS)cc1)c1ccccc1. The summed E-state index contributed by atoms with van der Waals surface area (Å²) in [5.41, 5.74) is 4.36. The first-order chi connectivity index (χ1) is 18.1. The maximum atomic E-state index is 4.43. The molecule has 0 saturated carbocycles. The van der Waals surface area contributed by atoms with E-state index in [4.69, 9.17) is 0 Å². The molecule has 2 aromatic carbocycles. The number of quaternary nitrogens is 1. The summed E-state index contributed by atoms with van der Waals surface area (Å²) in [5.74, 6) is 1.72. The van der Waals surface area contributed by atoms with Crippen LogP contribution in [0.2, 0.25) is 0 Å². The van der Waals surface area contributed by atoms with Crippen LogP contribution in [-0.2, 0) is 6.54 Å². The summed E-state index contributed by atoms with van der Waals surface area (Å²) in [7, 11) is 3.89. The molecular formula is C29H36N6S2+2. The second kappa shape index (κ2) is 15.7. The molecular weight excluding hydrogens is 496 g/mol. The molecule has 1 N–H and O–H groups in total. The number of pyridine rings is 1. The van der Waals surface area contributed by atoms with E-state index >= 15 is 0 Å². The zero-order valence-corrected chi connectivity index (χ0v) is 23.2. The smallest absolute Gasteiger partial charge is 0.169 e. The van der Waals surface area contributed by atoms with E-state index in [1.807, 2.05) is 122 Å². The van der Waals surface area contributed by atoms with E-state index in [0.717, 1.165) is 47.1 Å². The van der Waals surface area contributed by atoms with E-state index in [9.17, 15) is 0 Å². The van der Waals surface area contributed by atoms with Gasteiger partial charge in [0.1, 0.15) is 6.20 Å². The number of hydrogen-bond donors (Lipinski definition) is 3. The summed E-state index contributed by atoms with van der Waals surface area (Å²) in [6.45, 7) is 1.93. The van der Waals surface area contributed by atoms with Crippen molar-refractivity contribution in [1.82, 2.24) is 0 Å². The number of aryl methyl sites for hydroxylation is 1. The molecule has 0 saturated heterocycles. The number of rotatable bonds is 10. The third-order valence-corrected chi connectivity index (χ3v) is 5.96. The topological polar surface area (TPSA) is 39.5 Å². The lowest BCUT2D eigenvalue weighted by molar-refractivity contribution is -0.784. The number of benzene rings is 2. The fourth-order valence-electron chi connectivity index (χ4n) is 3.43. The van der Waals surface area contributed by atoms with Crippen LogP contribution in [0.4, 0.5) is 11.4 Å². The number of allylic oxidation sites excluding steroid dienone is 2. The average Bonchev–Trinajstić information content (AvgIpc) is 3.40. The third kappa shape index (κ3) is 9.92. The Labute approximate surface area is 231 Å². The van der Waals surface area contributed by atoms with Crippen LogP contribution in [0, 0.1) is 0 Å². The maximum Gasteiger partial charge on any atom is 0.169 e. The molecule has 6 nitrogen and oxygen atoms in total. The van der Waals surface area contributed by atoms with Crippen LogP contribution in [0.25, 0.3) is 0 Å². The molecule has 4 rings (SSSR count). The molecule has 0 spiro atoms. The molecule has 0 bridgehead atoms. The number of thiol groups is 2. The van der Waals surface area contributed by atoms with Gasteiger partial charge in [0.2, 0.25) is 0 Å². The number of hydrazone groups is 2. The minimum atomic E-state index is 0.842.